The molecule has 3 rings (SSSR count). The summed E-state index contributed by atoms with van der Waals surface area (Å²) in [4.78, 5) is 24.3. The predicted octanol–water partition coefficient (Wildman–Crippen LogP) is 6.81. The highest BCUT2D eigenvalue weighted by Crippen LogP contribution is 2.29. The lowest BCUT2D eigenvalue weighted by atomic mass is 9.95. The molecule has 0 saturated heterocycles. The van der Waals surface area contributed by atoms with Crippen molar-refractivity contribution in [3.63, 3.8) is 0 Å². The molecule has 6 nitrogen and oxygen atoms in total. The van der Waals surface area contributed by atoms with Crippen LogP contribution in [0.4, 0.5) is 4.39 Å². The zero-order valence-electron chi connectivity index (χ0n) is 24.4. The summed E-state index contributed by atoms with van der Waals surface area (Å²) in [6, 6.07) is 20.8. The van der Waals surface area contributed by atoms with Gasteiger partial charge in [-0.15, -0.1) is 0 Å². The van der Waals surface area contributed by atoms with Crippen molar-refractivity contribution < 1.29 is 33.3 Å². The van der Waals surface area contributed by atoms with Crippen LogP contribution >= 0.6 is 0 Å². The van der Waals surface area contributed by atoms with E-state index in [2.05, 4.69) is 20.1 Å². The summed E-state index contributed by atoms with van der Waals surface area (Å²) in [5.41, 5.74) is 5.16. The Balaban J connectivity index is 1.73. The number of unbranched alkanes of at least 4 members (excludes halogenated alkanes) is 2. The van der Waals surface area contributed by atoms with E-state index in [0.717, 1.165) is 53.5 Å². The van der Waals surface area contributed by atoms with Crippen molar-refractivity contribution in [1.82, 2.24) is 0 Å². The summed E-state index contributed by atoms with van der Waals surface area (Å²) in [5, 5.41) is 9.15. The van der Waals surface area contributed by atoms with Gasteiger partial charge in [-0.2, -0.15) is 0 Å². The van der Waals surface area contributed by atoms with Gasteiger partial charge in [-0.3, -0.25) is 0 Å². The third kappa shape index (κ3) is 9.23. The lowest BCUT2D eigenvalue weighted by molar-refractivity contribution is -0.143. The summed E-state index contributed by atoms with van der Waals surface area (Å²) in [6.07, 6.45) is 4.21. The molecule has 1 N–H and O–H groups in total. The Kier molecular flexibility index (Phi) is 12.7. The largest absolute Gasteiger partial charge is 0.461 e. The number of carbonyl (C=O) groups is 2. The molecular formula is C35H39FO6. The van der Waals surface area contributed by atoms with Gasteiger partial charge in [-0.25, -0.2) is 14.0 Å². The van der Waals surface area contributed by atoms with Crippen LogP contribution < -0.4 is 0 Å². The van der Waals surface area contributed by atoms with Crippen molar-refractivity contribution in [2.45, 2.75) is 38.5 Å². The molecule has 3 aromatic carbocycles. The fraction of sp³-hybridized carbons (Fsp3) is 0.314. The highest BCUT2D eigenvalue weighted by molar-refractivity contribution is 5.88. The number of halogens is 1. The van der Waals surface area contributed by atoms with Crippen LogP contribution in [-0.2, 0) is 30.2 Å². The molecule has 0 aliphatic rings. The zero-order valence-corrected chi connectivity index (χ0v) is 24.4. The molecular weight excluding hydrogens is 535 g/mol. The second-order valence-electron chi connectivity index (χ2n) is 10.2. The van der Waals surface area contributed by atoms with Gasteiger partial charge in [-0.1, -0.05) is 93.6 Å². The Morgan fingerprint density at radius 2 is 1.40 bits per heavy atom. The van der Waals surface area contributed by atoms with Gasteiger partial charge in [0.2, 0.25) is 0 Å². The number of esters is 2. The van der Waals surface area contributed by atoms with Gasteiger partial charge < -0.3 is 19.3 Å². The van der Waals surface area contributed by atoms with Gasteiger partial charge in [0, 0.05) is 12.7 Å². The molecule has 0 bridgehead atoms. The second-order valence-corrected chi connectivity index (χ2v) is 10.2. The molecule has 0 aliphatic heterocycles. The lowest BCUT2D eigenvalue weighted by Crippen LogP contribution is -2.21. The molecule has 0 radical (unpaired) electrons. The average Bonchev–Trinajstić information content (AvgIpc) is 3.01. The number of hydrogen-bond donors (Lipinski definition) is 1. The van der Waals surface area contributed by atoms with E-state index in [4.69, 9.17) is 19.3 Å². The second kappa shape index (κ2) is 16.4. The maximum atomic E-state index is 14.9. The fourth-order valence-corrected chi connectivity index (χ4v) is 4.41. The van der Waals surface area contributed by atoms with Crippen LogP contribution in [0.15, 0.2) is 91.0 Å². The van der Waals surface area contributed by atoms with Crippen molar-refractivity contribution in [2.75, 3.05) is 33.5 Å². The van der Waals surface area contributed by atoms with E-state index < -0.39 is 24.5 Å². The van der Waals surface area contributed by atoms with Gasteiger partial charge in [0.15, 0.2) is 0 Å². The monoisotopic (exact) mass is 574 g/mol. The van der Waals surface area contributed by atoms with E-state index in [1.807, 2.05) is 60.7 Å². The number of aryl methyl sites for hydroxylation is 1. The third-order valence-corrected chi connectivity index (χ3v) is 6.93. The molecule has 0 saturated carbocycles. The van der Waals surface area contributed by atoms with Gasteiger partial charge in [-0.05, 0) is 46.7 Å². The number of benzene rings is 3. The number of methoxy groups -OCH3 is 1. The van der Waals surface area contributed by atoms with Gasteiger partial charge in [0.05, 0.1) is 30.3 Å². The summed E-state index contributed by atoms with van der Waals surface area (Å²) < 4.78 is 30.5. The summed E-state index contributed by atoms with van der Waals surface area (Å²) >= 11 is 0. The SMILES string of the molecule is C=C(CO)C(=O)OCC(COC(=O)C(=C)COC)c1ccc(-c2ccc(-c3ccc(CCCCC)cc3F)cc2)cc1. The Morgan fingerprint density at radius 1 is 0.833 bits per heavy atom. The van der Waals surface area contributed by atoms with E-state index >= 15 is 0 Å². The quantitative estimate of drug-likeness (QED) is 0.115. The smallest absolute Gasteiger partial charge is 0.335 e. The first-order valence-corrected chi connectivity index (χ1v) is 14.1. The van der Waals surface area contributed by atoms with E-state index in [1.54, 1.807) is 6.07 Å². The Labute approximate surface area is 247 Å². The molecule has 0 fully saturated rings. The van der Waals surface area contributed by atoms with Gasteiger partial charge >= 0.3 is 11.9 Å². The van der Waals surface area contributed by atoms with Crippen LogP contribution in [-0.4, -0.2) is 50.6 Å². The minimum absolute atomic E-state index is 0.0410. The van der Waals surface area contributed by atoms with E-state index in [1.165, 1.54) is 7.11 Å². The minimum atomic E-state index is -0.725. The molecule has 222 valence electrons. The maximum absolute atomic E-state index is 14.9. The van der Waals surface area contributed by atoms with Crippen molar-refractivity contribution in [2.24, 2.45) is 0 Å². The fourth-order valence-electron chi connectivity index (χ4n) is 4.41. The zero-order chi connectivity index (χ0) is 30.5. The highest BCUT2D eigenvalue weighted by Gasteiger charge is 2.19. The molecule has 0 heterocycles. The Morgan fingerprint density at radius 3 is 1.95 bits per heavy atom. The Bertz CT molecular complexity index is 1360. The number of aliphatic hydroxyl groups is 1. The topological polar surface area (TPSA) is 82.1 Å². The first-order chi connectivity index (χ1) is 20.3. The molecule has 0 aromatic heterocycles. The van der Waals surface area contributed by atoms with Crippen molar-refractivity contribution in [3.8, 4) is 22.3 Å². The van der Waals surface area contributed by atoms with Crippen molar-refractivity contribution >= 4 is 11.9 Å². The number of aliphatic hydroxyl groups excluding tert-OH is 1. The molecule has 1 atom stereocenters. The molecule has 3 aromatic rings. The first-order valence-electron chi connectivity index (χ1n) is 14.1. The molecule has 42 heavy (non-hydrogen) atoms. The Hall–Kier alpha value is -4.07. The average molecular weight is 575 g/mol. The molecule has 7 heteroatoms. The molecule has 0 amide bonds. The van der Waals surface area contributed by atoms with E-state index in [0.29, 0.717) is 5.56 Å². The normalized spacial score (nSPS) is 11.5. The number of carbonyl (C=O) groups excluding carboxylic acids is 2. The predicted molar refractivity (Wildman–Crippen MR) is 162 cm³/mol. The standard InChI is InChI=1S/C35H39FO6/c1-5-6-7-8-26-9-18-32(33(36)19-26)30-16-14-28(15-17-30)27-10-12-29(13-11-27)31(22-41-34(38)24(2)20-37)23-42-35(39)25(3)21-40-4/h9-19,31,37H,2-3,5-8,20-23H2,1,4H3. The molecule has 0 aliphatic carbocycles. The lowest BCUT2D eigenvalue weighted by Gasteiger charge is -2.19. The summed E-state index contributed by atoms with van der Waals surface area (Å²) in [7, 11) is 1.45. The van der Waals surface area contributed by atoms with Crippen LogP contribution in [0.1, 0.15) is 43.2 Å². The van der Waals surface area contributed by atoms with Crippen LogP contribution in [0.5, 0.6) is 0 Å². The highest BCUT2D eigenvalue weighted by atomic mass is 19.1. The number of hydrogen-bond acceptors (Lipinski definition) is 6. The van der Waals surface area contributed by atoms with E-state index in [9.17, 15) is 14.0 Å². The minimum Gasteiger partial charge on any atom is -0.461 e. The summed E-state index contributed by atoms with van der Waals surface area (Å²) in [5.74, 6) is -2.02. The molecule has 1 unspecified atom stereocenters. The van der Waals surface area contributed by atoms with E-state index in [-0.39, 0.29) is 36.8 Å². The van der Waals surface area contributed by atoms with Crippen LogP contribution in [0.2, 0.25) is 0 Å². The number of rotatable bonds is 16. The van der Waals surface area contributed by atoms with Crippen LogP contribution in [0.25, 0.3) is 22.3 Å². The first kappa shape index (κ1) is 32.4. The van der Waals surface area contributed by atoms with Crippen molar-refractivity contribution in [3.05, 3.63) is 108 Å². The van der Waals surface area contributed by atoms with Crippen molar-refractivity contribution in [1.29, 1.82) is 0 Å². The maximum Gasteiger partial charge on any atom is 0.335 e. The number of ether oxygens (including phenoxy) is 3. The third-order valence-electron chi connectivity index (χ3n) is 6.93. The van der Waals surface area contributed by atoms with Gasteiger partial charge in [0.25, 0.3) is 0 Å². The molecule has 0 spiro atoms. The van der Waals surface area contributed by atoms with Crippen LogP contribution in [0.3, 0.4) is 0 Å². The van der Waals surface area contributed by atoms with Gasteiger partial charge in [0.1, 0.15) is 19.0 Å². The van der Waals surface area contributed by atoms with Crippen LogP contribution in [0, 0.1) is 5.82 Å². The summed E-state index contributed by atoms with van der Waals surface area (Å²) in [6.45, 7) is 8.67.